The number of rotatable bonds is 3. The van der Waals surface area contributed by atoms with Gasteiger partial charge in [-0.1, -0.05) is 6.07 Å². The zero-order chi connectivity index (χ0) is 9.14. The van der Waals surface area contributed by atoms with Crippen LogP contribution in [0.5, 0.6) is 0 Å². The predicted molar refractivity (Wildman–Crippen MR) is 44.9 cm³/mol. The predicted octanol–water partition coefficient (Wildman–Crippen LogP) is 0.193. The molecule has 0 amide bonds. The minimum absolute atomic E-state index is 0.574. The van der Waals surface area contributed by atoms with E-state index in [-0.39, 0.29) is 0 Å². The van der Waals surface area contributed by atoms with E-state index >= 15 is 0 Å². The first kappa shape index (κ1) is 9.18. The largest absolute Gasteiger partial charge is 0.480 e. The second-order valence-electron chi connectivity index (χ2n) is 2.32. The summed E-state index contributed by atoms with van der Waals surface area (Å²) >= 11 is 1.28. The average Bonchev–Trinajstić information content (AvgIpc) is 2.53. The number of aliphatic hydroxyl groups excluding tert-OH is 1. The van der Waals surface area contributed by atoms with Crippen LogP contribution in [0.4, 0.5) is 0 Å². The van der Waals surface area contributed by atoms with Crippen molar-refractivity contribution in [3.63, 3.8) is 0 Å². The van der Waals surface area contributed by atoms with Crippen molar-refractivity contribution in [3.05, 3.63) is 22.4 Å². The number of carboxylic acids is 1. The molecule has 0 saturated carbocycles. The van der Waals surface area contributed by atoms with Gasteiger partial charge in [-0.15, -0.1) is 11.3 Å². The quantitative estimate of drug-likeness (QED) is 0.631. The van der Waals surface area contributed by atoms with Crippen LogP contribution in [0, 0.1) is 0 Å². The molecule has 12 heavy (non-hydrogen) atoms. The molecule has 66 valence electrons. The van der Waals surface area contributed by atoms with Crippen LogP contribution in [0.3, 0.4) is 0 Å². The highest BCUT2D eigenvalue weighted by Gasteiger charge is 2.23. The lowest BCUT2D eigenvalue weighted by Crippen LogP contribution is -2.36. The zero-order valence-corrected chi connectivity index (χ0v) is 6.99. The van der Waals surface area contributed by atoms with Crippen LogP contribution in [-0.4, -0.2) is 22.2 Å². The second kappa shape index (κ2) is 3.66. The van der Waals surface area contributed by atoms with Crippen LogP contribution in [0.25, 0.3) is 0 Å². The van der Waals surface area contributed by atoms with Gasteiger partial charge in [0.25, 0.3) is 0 Å². The molecule has 1 heterocycles. The molecule has 2 atom stereocenters. The molecule has 5 heteroatoms. The van der Waals surface area contributed by atoms with Crippen LogP contribution in [0.15, 0.2) is 17.5 Å². The Kier molecular flexibility index (Phi) is 2.80. The van der Waals surface area contributed by atoms with E-state index in [9.17, 15) is 9.90 Å². The van der Waals surface area contributed by atoms with Crippen molar-refractivity contribution in [2.75, 3.05) is 0 Å². The summed E-state index contributed by atoms with van der Waals surface area (Å²) in [5.41, 5.74) is 5.21. The van der Waals surface area contributed by atoms with Crippen molar-refractivity contribution >= 4 is 17.3 Å². The molecule has 1 rings (SSSR count). The third-order valence-corrected chi connectivity index (χ3v) is 2.40. The molecule has 0 saturated heterocycles. The molecule has 0 fully saturated rings. The van der Waals surface area contributed by atoms with Crippen molar-refractivity contribution in [3.8, 4) is 0 Å². The third-order valence-electron chi connectivity index (χ3n) is 1.46. The Balaban J connectivity index is 2.71. The van der Waals surface area contributed by atoms with Gasteiger partial charge in [0.05, 0.1) is 0 Å². The Bertz CT molecular complexity index is 260. The number of aliphatic hydroxyl groups is 1. The Morgan fingerprint density at radius 1 is 1.67 bits per heavy atom. The Hall–Kier alpha value is -0.910. The molecule has 4 N–H and O–H groups in total. The van der Waals surface area contributed by atoms with Crippen LogP contribution in [0.2, 0.25) is 0 Å². The summed E-state index contributed by atoms with van der Waals surface area (Å²) in [5, 5.41) is 19.6. The van der Waals surface area contributed by atoms with Crippen molar-refractivity contribution in [2.24, 2.45) is 5.73 Å². The topological polar surface area (TPSA) is 83.6 Å². The second-order valence-corrected chi connectivity index (χ2v) is 3.30. The highest BCUT2D eigenvalue weighted by atomic mass is 32.1. The van der Waals surface area contributed by atoms with E-state index in [0.717, 1.165) is 0 Å². The molecule has 1 unspecified atom stereocenters. The summed E-state index contributed by atoms with van der Waals surface area (Å²) in [4.78, 5) is 10.9. The molecule has 1 aromatic rings. The van der Waals surface area contributed by atoms with Crippen molar-refractivity contribution in [2.45, 2.75) is 12.1 Å². The van der Waals surface area contributed by atoms with Crippen molar-refractivity contribution in [1.82, 2.24) is 0 Å². The summed E-state index contributed by atoms with van der Waals surface area (Å²) in [6.07, 6.45) is -1.11. The molecule has 4 nitrogen and oxygen atoms in total. The van der Waals surface area contributed by atoms with Crippen LogP contribution in [-0.2, 0) is 4.79 Å². The standard InChI is InChI=1S/C7H9NO3S/c8-5(7(10)11)6(9)4-2-1-3-12-4/h1-3,5-6,9H,8H2,(H,10,11)/t5-,6?/m0/s1. The van der Waals surface area contributed by atoms with Gasteiger partial charge >= 0.3 is 5.97 Å². The van der Waals surface area contributed by atoms with E-state index in [2.05, 4.69) is 0 Å². The number of aliphatic carboxylic acids is 1. The number of thiophene rings is 1. The number of carbonyl (C=O) groups is 1. The van der Waals surface area contributed by atoms with Crippen LogP contribution < -0.4 is 5.73 Å². The lowest BCUT2D eigenvalue weighted by molar-refractivity contribution is -0.141. The maximum atomic E-state index is 10.4. The fraction of sp³-hybridized carbons (Fsp3) is 0.286. The minimum atomic E-state index is -1.25. The van der Waals surface area contributed by atoms with Crippen LogP contribution in [0.1, 0.15) is 11.0 Å². The van der Waals surface area contributed by atoms with Gasteiger partial charge in [-0.25, -0.2) is 0 Å². The molecule has 0 spiro atoms. The molecular formula is C7H9NO3S. The molecule has 0 aromatic carbocycles. The normalized spacial score (nSPS) is 15.5. The Morgan fingerprint density at radius 2 is 2.33 bits per heavy atom. The fourth-order valence-electron chi connectivity index (χ4n) is 0.772. The van der Waals surface area contributed by atoms with E-state index in [1.807, 2.05) is 0 Å². The monoisotopic (exact) mass is 187 g/mol. The van der Waals surface area contributed by atoms with Gasteiger partial charge in [-0.2, -0.15) is 0 Å². The minimum Gasteiger partial charge on any atom is -0.480 e. The zero-order valence-electron chi connectivity index (χ0n) is 6.18. The number of hydrogen-bond donors (Lipinski definition) is 3. The lowest BCUT2D eigenvalue weighted by atomic mass is 10.1. The van der Waals surface area contributed by atoms with Gasteiger partial charge in [-0.05, 0) is 11.4 Å². The van der Waals surface area contributed by atoms with E-state index < -0.39 is 18.1 Å². The summed E-state index contributed by atoms with van der Waals surface area (Å²) in [7, 11) is 0. The summed E-state index contributed by atoms with van der Waals surface area (Å²) in [6.45, 7) is 0. The number of hydrogen-bond acceptors (Lipinski definition) is 4. The first-order valence-corrected chi connectivity index (χ1v) is 4.20. The van der Waals surface area contributed by atoms with E-state index in [4.69, 9.17) is 10.8 Å². The van der Waals surface area contributed by atoms with Gasteiger partial charge in [0.1, 0.15) is 12.1 Å². The van der Waals surface area contributed by atoms with Gasteiger partial charge in [0.2, 0.25) is 0 Å². The Morgan fingerprint density at radius 3 is 2.75 bits per heavy atom. The van der Waals surface area contributed by atoms with Gasteiger partial charge in [0.15, 0.2) is 0 Å². The van der Waals surface area contributed by atoms with Crippen LogP contribution >= 0.6 is 11.3 Å². The van der Waals surface area contributed by atoms with Gasteiger partial charge in [-0.3, -0.25) is 4.79 Å². The third kappa shape index (κ3) is 1.82. The van der Waals surface area contributed by atoms with Gasteiger partial charge < -0.3 is 15.9 Å². The Labute approximate surface area is 73.3 Å². The molecule has 0 aliphatic carbocycles. The maximum absolute atomic E-state index is 10.4. The first-order chi connectivity index (χ1) is 5.63. The molecule has 0 bridgehead atoms. The lowest BCUT2D eigenvalue weighted by Gasteiger charge is -2.12. The maximum Gasteiger partial charge on any atom is 0.323 e. The van der Waals surface area contributed by atoms with Crippen molar-refractivity contribution < 1.29 is 15.0 Å². The molecular weight excluding hydrogens is 178 g/mol. The van der Waals surface area contributed by atoms with Gasteiger partial charge in [0, 0.05) is 4.88 Å². The SMILES string of the molecule is N[C@H](C(=O)O)C(O)c1cccs1. The summed E-state index contributed by atoms with van der Waals surface area (Å²) in [6, 6.07) is 2.14. The first-order valence-electron chi connectivity index (χ1n) is 3.33. The summed E-state index contributed by atoms with van der Waals surface area (Å²) in [5.74, 6) is -1.20. The average molecular weight is 187 g/mol. The highest BCUT2D eigenvalue weighted by molar-refractivity contribution is 7.10. The fourth-order valence-corrected chi connectivity index (χ4v) is 1.53. The number of carboxylic acid groups (broad SMARTS) is 1. The summed E-state index contributed by atoms with van der Waals surface area (Å²) < 4.78 is 0. The smallest absolute Gasteiger partial charge is 0.323 e. The molecule has 0 aliphatic heterocycles. The molecule has 1 aromatic heterocycles. The highest BCUT2D eigenvalue weighted by Crippen LogP contribution is 2.20. The number of nitrogens with two attached hydrogens (primary N) is 1. The van der Waals surface area contributed by atoms with E-state index in [1.54, 1.807) is 17.5 Å². The van der Waals surface area contributed by atoms with Crippen molar-refractivity contribution in [1.29, 1.82) is 0 Å². The van der Waals surface area contributed by atoms with E-state index in [0.29, 0.717) is 4.88 Å². The van der Waals surface area contributed by atoms with E-state index in [1.165, 1.54) is 11.3 Å². The molecule has 0 aliphatic rings. The molecule has 0 radical (unpaired) electrons.